The Morgan fingerprint density at radius 2 is 1.87 bits per heavy atom. The van der Waals surface area contributed by atoms with E-state index in [4.69, 9.17) is 4.74 Å². The van der Waals surface area contributed by atoms with Crippen molar-refractivity contribution in [2.45, 2.75) is 6.18 Å². The van der Waals surface area contributed by atoms with Gasteiger partial charge in [-0.05, 0) is 6.07 Å². The summed E-state index contributed by atoms with van der Waals surface area (Å²) in [5.74, 6) is 0.282. The number of methoxy groups -OCH3 is 1. The number of ether oxygens (including phenoxy) is 1. The molecule has 0 aliphatic carbocycles. The minimum Gasteiger partial charge on any atom is -0.513 e. The van der Waals surface area contributed by atoms with Crippen LogP contribution in [0, 0.1) is 0 Å². The first-order chi connectivity index (χ1) is 6.53. The molecule has 0 atom stereocenters. The van der Waals surface area contributed by atoms with Gasteiger partial charge in [0.05, 0.1) is 12.9 Å². The number of aliphatic imine (C=N–C) groups is 1. The van der Waals surface area contributed by atoms with Crippen LogP contribution in [0.25, 0.3) is 0 Å². The minimum atomic E-state index is -4.53. The maximum atomic E-state index is 11.7. The fraction of sp³-hybridized carbons (Fsp3) is 0.222. The van der Waals surface area contributed by atoms with Crippen LogP contribution < -0.4 is 23.6 Å². The number of halogens is 3. The summed E-state index contributed by atoms with van der Waals surface area (Å²) < 4.78 is 40.0. The average Bonchev–Trinajstić information content (AvgIpc) is 2.14. The van der Waals surface area contributed by atoms with Crippen molar-refractivity contribution in [1.29, 1.82) is 0 Å². The van der Waals surface area contributed by atoms with Gasteiger partial charge in [-0.2, -0.15) is 13.2 Å². The Morgan fingerprint density at radius 3 is 2.40 bits per heavy atom. The molecule has 0 aliphatic rings. The molecule has 1 aromatic carbocycles. The molecule has 0 spiro atoms. The molecular weight excluding hydrogens is 202 g/mol. The molecular formula is C9H7F3LiNO. The zero-order valence-electron chi connectivity index (χ0n) is 8.30. The van der Waals surface area contributed by atoms with Crippen molar-refractivity contribution < 1.29 is 36.8 Å². The van der Waals surface area contributed by atoms with Gasteiger partial charge in [-0.1, -0.05) is 24.0 Å². The number of rotatable bonds is 2. The van der Waals surface area contributed by atoms with Crippen LogP contribution in [-0.4, -0.2) is 19.5 Å². The van der Waals surface area contributed by atoms with Crippen LogP contribution in [-0.2, 0) is 0 Å². The first-order valence-electron chi connectivity index (χ1n) is 3.70. The van der Waals surface area contributed by atoms with Crippen LogP contribution in [0.2, 0.25) is 0 Å². The summed E-state index contributed by atoms with van der Waals surface area (Å²) in [5, 5.41) is 0. The van der Waals surface area contributed by atoms with Gasteiger partial charge in [0.25, 0.3) is 0 Å². The van der Waals surface area contributed by atoms with Crippen molar-refractivity contribution in [3.63, 3.8) is 0 Å². The molecule has 0 fully saturated rings. The molecule has 2 nitrogen and oxygen atoms in total. The van der Waals surface area contributed by atoms with Gasteiger partial charge in [0.15, 0.2) is 0 Å². The van der Waals surface area contributed by atoms with Crippen LogP contribution in [0.1, 0.15) is 0 Å². The molecule has 0 saturated heterocycles. The van der Waals surface area contributed by atoms with Crippen molar-refractivity contribution in [2.24, 2.45) is 4.99 Å². The monoisotopic (exact) mass is 209 g/mol. The van der Waals surface area contributed by atoms with Gasteiger partial charge >= 0.3 is 25.0 Å². The molecule has 0 saturated carbocycles. The Bertz CT molecular complexity index is 338. The Balaban J connectivity index is 0.00000196. The second kappa shape index (κ2) is 5.84. The fourth-order valence-electron chi connectivity index (χ4n) is 0.846. The molecule has 1 aromatic rings. The van der Waals surface area contributed by atoms with Gasteiger partial charge in [-0.15, -0.1) is 6.07 Å². The van der Waals surface area contributed by atoms with Gasteiger partial charge in [0, 0.05) is 0 Å². The van der Waals surface area contributed by atoms with E-state index < -0.39 is 6.18 Å². The average molecular weight is 209 g/mol. The number of hydrogen-bond acceptors (Lipinski definition) is 2. The van der Waals surface area contributed by atoms with Crippen LogP contribution >= 0.6 is 0 Å². The summed E-state index contributed by atoms with van der Waals surface area (Å²) in [6, 6.07) is 6.15. The van der Waals surface area contributed by atoms with Crippen LogP contribution in [0.4, 0.5) is 18.9 Å². The third-order valence-corrected chi connectivity index (χ3v) is 1.39. The molecule has 0 amide bonds. The van der Waals surface area contributed by atoms with Gasteiger partial charge in [-0.3, -0.25) is 0 Å². The second-order valence-corrected chi connectivity index (χ2v) is 2.39. The van der Waals surface area contributed by atoms with Crippen molar-refractivity contribution in [3.8, 4) is 5.75 Å². The van der Waals surface area contributed by atoms with E-state index in [0.29, 0.717) is 0 Å². The zero-order chi connectivity index (χ0) is 10.6. The number of para-hydroxylation sites is 2. The third-order valence-electron chi connectivity index (χ3n) is 1.39. The van der Waals surface area contributed by atoms with Crippen molar-refractivity contribution in [1.82, 2.24) is 0 Å². The van der Waals surface area contributed by atoms with Gasteiger partial charge < -0.3 is 9.73 Å². The summed E-state index contributed by atoms with van der Waals surface area (Å²) in [6.07, 6.45) is -3.47. The molecule has 0 aromatic heterocycles. The second-order valence-electron chi connectivity index (χ2n) is 2.39. The summed E-state index contributed by atoms with van der Waals surface area (Å²) in [4.78, 5) is 3.15. The van der Waals surface area contributed by atoms with Crippen LogP contribution in [0.5, 0.6) is 5.75 Å². The van der Waals surface area contributed by atoms with E-state index in [-0.39, 0.29) is 30.3 Å². The summed E-state index contributed by atoms with van der Waals surface area (Å²) in [5.41, 5.74) is 0.104. The van der Waals surface area contributed by atoms with E-state index in [1.807, 2.05) is 0 Å². The smallest absolute Gasteiger partial charge is 0.513 e. The van der Waals surface area contributed by atoms with Gasteiger partial charge in [0.2, 0.25) is 0 Å². The van der Waals surface area contributed by atoms with Crippen LogP contribution in [0.3, 0.4) is 0 Å². The molecule has 76 valence electrons. The minimum absolute atomic E-state index is 0. The molecule has 1 rings (SSSR count). The Labute approximate surface area is 97.3 Å². The first-order valence-corrected chi connectivity index (χ1v) is 3.70. The number of hydrogen-bond donors (Lipinski definition) is 0. The molecule has 0 N–H and O–H groups in total. The first kappa shape index (κ1) is 14.1. The summed E-state index contributed by atoms with van der Waals surface area (Å²) in [7, 11) is 1.36. The number of nitrogens with zero attached hydrogens (tertiary/aromatic N) is 1. The topological polar surface area (TPSA) is 21.6 Å². The van der Waals surface area contributed by atoms with Crippen molar-refractivity contribution >= 4 is 11.9 Å². The van der Waals surface area contributed by atoms with Crippen molar-refractivity contribution in [2.75, 3.05) is 7.11 Å². The number of alkyl halides is 3. The van der Waals surface area contributed by atoms with Gasteiger partial charge in [0.1, 0.15) is 0 Å². The van der Waals surface area contributed by atoms with Crippen molar-refractivity contribution in [3.05, 3.63) is 24.3 Å². The maximum Gasteiger partial charge on any atom is 1.00 e. The Morgan fingerprint density at radius 1 is 1.27 bits per heavy atom. The number of benzene rings is 1. The molecule has 0 heterocycles. The van der Waals surface area contributed by atoms with E-state index in [0.717, 1.165) is 6.21 Å². The summed E-state index contributed by atoms with van der Waals surface area (Å²) >= 11 is 0. The predicted molar refractivity (Wildman–Crippen MR) is 46.1 cm³/mol. The predicted octanol–water partition coefficient (Wildman–Crippen LogP) is -0.159. The maximum absolute atomic E-state index is 11.7. The normalized spacial score (nSPS) is 11.2. The standard InChI is InChI=1S/C9H7F3NO.Li/c1-14-8-5-3-2-4-7(8)13-6-9(10,11)12;/h2-5H,1H3;/q-1;+1. The fourth-order valence-corrected chi connectivity index (χ4v) is 0.846. The quantitative estimate of drug-likeness (QED) is 0.377. The van der Waals surface area contributed by atoms with E-state index in [1.54, 1.807) is 12.1 Å². The van der Waals surface area contributed by atoms with Gasteiger partial charge in [-0.25, -0.2) is 0 Å². The molecule has 0 unspecified atom stereocenters. The van der Waals surface area contributed by atoms with E-state index in [1.165, 1.54) is 19.2 Å². The van der Waals surface area contributed by atoms with E-state index >= 15 is 0 Å². The zero-order valence-corrected chi connectivity index (χ0v) is 8.30. The molecule has 0 radical (unpaired) electrons. The van der Waals surface area contributed by atoms with Crippen LogP contribution in [0.15, 0.2) is 29.3 Å². The van der Waals surface area contributed by atoms with E-state index in [9.17, 15) is 13.2 Å². The molecule has 15 heavy (non-hydrogen) atoms. The third kappa shape index (κ3) is 4.91. The molecule has 0 bridgehead atoms. The Hall–Kier alpha value is -0.923. The largest absolute Gasteiger partial charge is 1.00 e. The molecule has 6 heteroatoms. The molecule has 0 aliphatic heterocycles. The Kier molecular flexibility index (Phi) is 5.48. The SMILES string of the molecule is COc1ccccc1N=[C-]C(F)(F)F.[Li+]. The van der Waals surface area contributed by atoms with E-state index in [2.05, 4.69) is 4.99 Å². The summed E-state index contributed by atoms with van der Waals surface area (Å²) in [6.45, 7) is 0.